The van der Waals surface area contributed by atoms with Crippen LogP contribution >= 0.6 is 0 Å². The molecular formula is C18H26O3. The van der Waals surface area contributed by atoms with Crippen molar-refractivity contribution < 1.29 is 14.3 Å². The van der Waals surface area contributed by atoms with Gasteiger partial charge in [0, 0.05) is 11.5 Å². The number of Topliss-reactive ketones (excluding diaryl/α,β-unsaturated/α-hetero) is 1. The third-order valence-electron chi connectivity index (χ3n) is 3.88. The fourth-order valence-electron chi connectivity index (χ4n) is 2.74. The van der Waals surface area contributed by atoms with E-state index in [4.69, 9.17) is 9.47 Å². The second-order valence-electron chi connectivity index (χ2n) is 5.70. The Bertz CT molecular complexity index is 462. The molecule has 0 N–H and O–H groups in total. The van der Waals surface area contributed by atoms with E-state index in [-0.39, 0.29) is 11.7 Å². The minimum atomic E-state index is 0.200. The average molecular weight is 290 g/mol. The molecule has 0 atom stereocenters. The van der Waals surface area contributed by atoms with Crippen LogP contribution in [0.25, 0.3) is 0 Å². The summed E-state index contributed by atoms with van der Waals surface area (Å²) in [6.07, 6.45) is 6.29. The topological polar surface area (TPSA) is 35.5 Å². The van der Waals surface area contributed by atoms with Gasteiger partial charge in [0.15, 0.2) is 17.3 Å². The van der Waals surface area contributed by atoms with Crippen molar-refractivity contribution in [1.29, 1.82) is 0 Å². The highest BCUT2D eigenvalue weighted by molar-refractivity contribution is 5.98. The van der Waals surface area contributed by atoms with Crippen LogP contribution in [0.5, 0.6) is 11.5 Å². The lowest BCUT2D eigenvalue weighted by Crippen LogP contribution is -2.11. The predicted octanol–water partition coefficient (Wildman–Crippen LogP) is 4.64. The summed E-state index contributed by atoms with van der Waals surface area (Å²) in [7, 11) is 0. The van der Waals surface area contributed by atoms with Crippen molar-refractivity contribution in [1.82, 2.24) is 0 Å². The van der Waals surface area contributed by atoms with Crippen molar-refractivity contribution in [3.63, 3.8) is 0 Å². The summed E-state index contributed by atoms with van der Waals surface area (Å²) in [6, 6.07) is 5.62. The maximum absolute atomic E-state index is 12.5. The molecule has 1 aromatic carbocycles. The summed E-state index contributed by atoms with van der Waals surface area (Å²) in [6.45, 7) is 5.45. The van der Waals surface area contributed by atoms with Crippen molar-refractivity contribution in [3.05, 3.63) is 23.8 Å². The van der Waals surface area contributed by atoms with Crippen LogP contribution in [0.15, 0.2) is 18.2 Å². The second-order valence-corrected chi connectivity index (χ2v) is 5.70. The fourth-order valence-corrected chi connectivity index (χ4v) is 2.74. The monoisotopic (exact) mass is 290 g/mol. The van der Waals surface area contributed by atoms with Gasteiger partial charge in [-0.15, -0.1) is 0 Å². The Balaban J connectivity index is 2.16. The zero-order valence-electron chi connectivity index (χ0n) is 13.2. The number of ketones is 1. The Morgan fingerprint density at radius 3 is 2.29 bits per heavy atom. The summed E-state index contributed by atoms with van der Waals surface area (Å²) in [5.74, 6) is 1.91. The van der Waals surface area contributed by atoms with Crippen molar-refractivity contribution in [3.8, 4) is 11.5 Å². The number of carbonyl (C=O) groups excluding carboxylic acids is 1. The SMILES string of the molecule is CCCOc1ccc(C(=O)C2CCCC2)cc1OCCC. The fraction of sp³-hybridized carbons (Fsp3) is 0.611. The molecule has 0 spiro atoms. The highest BCUT2D eigenvalue weighted by atomic mass is 16.5. The molecule has 1 aromatic rings. The van der Waals surface area contributed by atoms with Crippen LogP contribution in [0.2, 0.25) is 0 Å². The number of rotatable bonds is 8. The van der Waals surface area contributed by atoms with E-state index >= 15 is 0 Å². The maximum atomic E-state index is 12.5. The molecule has 3 heteroatoms. The Labute approximate surface area is 127 Å². The van der Waals surface area contributed by atoms with E-state index in [1.807, 2.05) is 18.2 Å². The first-order chi connectivity index (χ1) is 10.3. The van der Waals surface area contributed by atoms with Gasteiger partial charge < -0.3 is 9.47 Å². The van der Waals surface area contributed by atoms with E-state index in [0.717, 1.165) is 37.0 Å². The lowest BCUT2D eigenvalue weighted by atomic mass is 9.96. The summed E-state index contributed by atoms with van der Waals surface area (Å²) < 4.78 is 11.5. The minimum absolute atomic E-state index is 0.200. The van der Waals surface area contributed by atoms with Crippen molar-refractivity contribution >= 4 is 5.78 Å². The number of ether oxygens (including phenoxy) is 2. The van der Waals surface area contributed by atoms with Crippen LogP contribution < -0.4 is 9.47 Å². The van der Waals surface area contributed by atoms with Gasteiger partial charge in [-0.2, -0.15) is 0 Å². The summed E-state index contributed by atoms with van der Waals surface area (Å²) >= 11 is 0. The maximum Gasteiger partial charge on any atom is 0.166 e. The quantitative estimate of drug-likeness (QED) is 0.654. The smallest absolute Gasteiger partial charge is 0.166 e. The number of benzene rings is 1. The second kappa shape index (κ2) is 8.06. The molecule has 0 amide bonds. The van der Waals surface area contributed by atoms with E-state index in [1.54, 1.807) is 0 Å². The molecule has 2 rings (SSSR count). The van der Waals surface area contributed by atoms with E-state index in [2.05, 4.69) is 13.8 Å². The van der Waals surface area contributed by atoms with Crippen LogP contribution in [-0.4, -0.2) is 19.0 Å². The molecule has 21 heavy (non-hydrogen) atoms. The first-order valence-corrected chi connectivity index (χ1v) is 8.20. The first-order valence-electron chi connectivity index (χ1n) is 8.20. The predicted molar refractivity (Wildman–Crippen MR) is 84.3 cm³/mol. The van der Waals surface area contributed by atoms with Gasteiger partial charge in [-0.05, 0) is 43.9 Å². The Kier molecular flexibility index (Phi) is 6.09. The molecule has 3 nitrogen and oxygen atoms in total. The van der Waals surface area contributed by atoms with Crippen molar-refractivity contribution in [2.24, 2.45) is 5.92 Å². The van der Waals surface area contributed by atoms with Gasteiger partial charge in [-0.3, -0.25) is 4.79 Å². The zero-order valence-corrected chi connectivity index (χ0v) is 13.2. The Morgan fingerprint density at radius 1 is 1.05 bits per heavy atom. The van der Waals surface area contributed by atoms with E-state index in [0.29, 0.717) is 19.0 Å². The van der Waals surface area contributed by atoms with Gasteiger partial charge in [0.25, 0.3) is 0 Å². The number of hydrogen-bond acceptors (Lipinski definition) is 3. The number of carbonyl (C=O) groups is 1. The molecule has 0 radical (unpaired) electrons. The van der Waals surface area contributed by atoms with Crippen LogP contribution in [0.3, 0.4) is 0 Å². The molecule has 0 aliphatic heterocycles. The van der Waals surface area contributed by atoms with Crippen molar-refractivity contribution in [2.45, 2.75) is 52.4 Å². The third kappa shape index (κ3) is 4.23. The highest BCUT2D eigenvalue weighted by Gasteiger charge is 2.24. The third-order valence-corrected chi connectivity index (χ3v) is 3.88. The van der Waals surface area contributed by atoms with Crippen LogP contribution in [-0.2, 0) is 0 Å². The Morgan fingerprint density at radius 2 is 1.67 bits per heavy atom. The van der Waals surface area contributed by atoms with Gasteiger partial charge in [-0.25, -0.2) is 0 Å². The van der Waals surface area contributed by atoms with Gasteiger partial charge in [0.05, 0.1) is 13.2 Å². The van der Waals surface area contributed by atoms with Gasteiger partial charge in [0.1, 0.15) is 0 Å². The van der Waals surface area contributed by atoms with Crippen LogP contribution in [0.4, 0.5) is 0 Å². The molecular weight excluding hydrogens is 264 g/mol. The largest absolute Gasteiger partial charge is 0.490 e. The molecule has 0 bridgehead atoms. The minimum Gasteiger partial charge on any atom is -0.490 e. The van der Waals surface area contributed by atoms with E-state index < -0.39 is 0 Å². The first kappa shape index (κ1) is 15.9. The van der Waals surface area contributed by atoms with Crippen LogP contribution in [0.1, 0.15) is 62.7 Å². The lowest BCUT2D eigenvalue weighted by Gasteiger charge is -2.14. The van der Waals surface area contributed by atoms with Gasteiger partial charge in [0.2, 0.25) is 0 Å². The summed E-state index contributed by atoms with van der Waals surface area (Å²) in [5, 5.41) is 0. The molecule has 0 unspecified atom stereocenters. The molecule has 1 fully saturated rings. The summed E-state index contributed by atoms with van der Waals surface area (Å²) in [4.78, 5) is 12.5. The lowest BCUT2D eigenvalue weighted by molar-refractivity contribution is 0.0922. The van der Waals surface area contributed by atoms with E-state index in [9.17, 15) is 4.79 Å². The van der Waals surface area contributed by atoms with Gasteiger partial charge in [-0.1, -0.05) is 26.7 Å². The van der Waals surface area contributed by atoms with E-state index in [1.165, 1.54) is 12.8 Å². The Hall–Kier alpha value is -1.51. The normalized spacial score (nSPS) is 15.1. The van der Waals surface area contributed by atoms with Gasteiger partial charge >= 0.3 is 0 Å². The molecule has 0 aromatic heterocycles. The molecule has 1 saturated carbocycles. The molecule has 0 saturated heterocycles. The molecule has 116 valence electrons. The summed E-state index contributed by atoms with van der Waals surface area (Å²) in [5.41, 5.74) is 0.761. The standard InChI is InChI=1S/C18H26O3/c1-3-11-20-16-10-9-15(13-17(16)21-12-4-2)18(19)14-7-5-6-8-14/h9-10,13-14H,3-8,11-12H2,1-2H3. The highest BCUT2D eigenvalue weighted by Crippen LogP contribution is 2.33. The van der Waals surface area contributed by atoms with Crippen LogP contribution in [0, 0.1) is 5.92 Å². The molecule has 1 aliphatic rings. The average Bonchev–Trinajstić information content (AvgIpc) is 3.04. The van der Waals surface area contributed by atoms with Crippen molar-refractivity contribution in [2.75, 3.05) is 13.2 Å². The molecule has 1 aliphatic carbocycles. The zero-order chi connectivity index (χ0) is 15.1. The molecule has 0 heterocycles. The number of hydrogen-bond donors (Lipinski definition) is 0.